The Bertz CT molecular complexity index is 1560. The summed E-state index contributed by atoms with van der Waals surface area (Å²) in [6, 6.07) is 16.6. The summed E-state index contributed by atoms with van der Waals surface area (Å²) < 4.78 is 16.7. The van der Waals surface area contributed by atoms with Crippen LogP contribution in [-0.2, 0) is 17.9 Å². The van der Waals surface area contributed by atoms with E-state index in [1.807, 2.05) is 26.8 Å². The van der Waals surface area contributed by atoms with Gasteiger partial charge in [0, 0.05) is 11.6 Å². The molecule has 5 rings (SSSR count). The molecule has 36 heavy (non-hydrogen) atoms. The Kier molecular flexibility index (Phi) is 6.10. The molecule has 0 aliphatic carbocycles. The fourth-order valence-corrected chi connectivity index (χ4v) is 4.47. The van der Waals surface area contributed by atoms with E-state index in [1.165, 1.54) is 17.7 Å². The van der Waals surface area contributed by atoms with E-state index in [0.717, 1.165) is 33.5 Å². The first-order valence-corrected chi connectivity index (χ1v) is 11.8. The molecule has 0 spiro atoms. The van der Waals surface area contributed by atoms with Crippen molar-refractivity contribution in [3.05, 3.63) is 94.8 Å². The predicted octanol–water partition coefficient (Wildman–Crippen LogP) is 5.35. The summed E-state index contributed by atoms with van der Waals surface area (Å²) in [6.45, 7) is 8.26. The maximum Gasteiger partial charge on any atom is 0.246 e. The molecule has 3 aromatic heterocycles. The van der Waals surface area contributed by atoms with Gasteiger partial charge >= 0.3 is 0 Å². The topological polar surface area (TPSA) is 77.6 Å². The average molecular weight is 483 g/mol. The summed E-state index contributed by atoms with van der Waals surface area (Å²) >= 11 is 0. The summed E-state index contributed by atoms with van der Waals surface area (Å²) in [5.74, 6) is -0.489. The maximum atomic E-state index is 13.2. The van der Waals surface area contributed by atoms with E-state index in [0.29, 0.717) is 23.6 Å². The van der Waals surface area contributed by atoms with Gasteiger partial charge in [0.1, 0.15) is 12.4 Å². The van der Waals surface area contributed by atoms with Crippen molar-refractivity contribution >= 4 is 22.6 Å². The number of nitrogens with one attached hydrogen (secondary N) is 1. The van der Waals surface area contributed by atoms with E-state index in [2.05, 4.69) is 51.7 Å². The SMILES string of the molecule is Cc1ccc(-c2ccnc3c2c(C)nn3CC(=O)Nc2c(C)nn(Cc3ccc(F)cc3)c2C)cc1. The van der Waals surface area contributed by atoms with Crippen LogP contribution in [0, 0.1) is 33.5 Å². The molecule has 0 fully saturated rings. The van der Waals surface area contributed by atoms with Gasteiger partial charge in [-0.1, -0.05) is 42.0 Å². The molecule has 0 saturated carbocycles. The zero-order valence-electron chi connectivity index (χ0n) is 20.7. The van der Waals surface area contributed by atoms with E-state index in [9.17, 15) is 9.18 Å². The van der Waals surface area contributed by atoms with E-state index in [1.54, 1.807) is 27.7 Å². The molecule has 2 aromatic carbocycles. The van der Waals surface area contributed by atoms with Crippen molar-refractivity contribution in [2.75, 3.05) is 5.32 Å². The maximum absolute atomic E-state index is 13.2. The molecule has 8 heteroatoms. The van der Waals surface area contributed by atoms with Crippen molar-refractivity contribution in [2.24, 2.45) is 0 Å². The molecule has 0 radical (unpaired) electrons. The Morgan fingerprint density at radius 3 is 2.31 bits per heavy atom. The summed E-state index contributed by atoms with van der Waals surface area (Å²) in [5.41, 5.74) is 7.94. The van der Waals surface area contributed by atoms with Gasteiger partial charge in [-0.3, -0.25) is 9.48 Å². The number of aromatic nitrogens is 5. The Morgan fingerprint density at radius 2 is 1.58 bits per heavy atom. The van der Waals surface area contributed by atoms with Gasteiger partial charge in [0.2, 0.25) is 5.91 Å². The first-order chi connectivity index (χ1) is 17.3. The van der Waals surface area contributed by atoms with Gasteiger partial charge in [-0.25, -0.2) is 14.1 Å². The van der Waals surface area contributed by atoms with Gasteiger partial charge in [-0.15, -0.1) is 0 Å². The van der Waals surface area contributed by atoms with E-state index < -0.39 is 0 Å². The number of pyridine rings is 1. The van der Waals surface area contributed by atoms with Gasteiger partial charge in [0.25, 0.3) is 0 Å². The molecule has 0 unspecified atom stereocenters. The molecule has 0 aliphatic heterocycles. The number of amides is 1. The summed E-state index contributed by atoms with van der Waals surface area (Å²) in [7, 11) is 0. The molecular formula is C28H27FN6O. The molecule has 1 N–H and O–H groups in total. The number of benzene rings is 2. The fraction of sp³-hybridized carbons (Fsp3) is 0.214. The van der Waals surface area contributed by atoms with Gasteiger partial charge < -0.3 is 5.32 Å². The van der Waals surface area contributed by atoms with Crippen LogP contribution in [0.2, 0.25) is 0 Å². The van der Waals surface area contributed by atoms with Crippen LogP contribution in [0.5, 0.6) is 0 Å². The number of carbonyl (C=O) groups excluding carboxylic acids is 1. The number of hydrogen-bond acceptors (Lipinski definition) is 4. The van der Waals surface area contributed by atoms with Crippen molar-refractivity contribution in [2.45, 2.75) is 40.8 Å². The first kappa shape index (κ1) is 23.4. The standard InChI is InChI=1S/C28H27FN6O/c1-17-5-9-22(10-6-17)24-13-14-30-28-26(24)18(2)32-35(28)16-25(36)31-27-19(3)33-34(20(27)4)15-21-7-11-23(29)12-8-21/h5-14H,15-16H2,1-4H3,(H,31,36). The summed E-state index contributed by atoms with van der Waals surface area (Å²) in [5, 5.41) is 13.1. The molecule has 0 bridgehead atoms. The third-order valence-electron chi connectivity index (χ3n) is 6.36. The lowest BCUT2D eigenvalue weighted by atomic mass is 10.0. The highest BCUT2D eigenvalue weighted by atomic mass is 19.1. The quantitative estimate of drug-likeness (QED) is 0.354. The van der Waals surface area contributed by atoms with Crippen LogP contribution in [0.25, 0.3) is 22.2 Å². The van der Waals surface area contributed by atoms with Crippen LogP contribution < -0.4 is 5.32 Å². The van der Waals surface area contributed by atoms with Gasteiger partial charge in [0.05, 0.1) is 29.3 Å². The molecular weight excluding hydrogens is 455 g/mol. The molecule has 0 aliphatic rings. The fourth-order valence-electron chi connectivity index (χ4n) is 4.47. The van der Waals surface area contributed by atoms with Crippen molar-refractivity contribution < 1.29 is 9.18 Å². The molecule has 5 aromatic rings. The minimum Gasteiger partial charge on any atom is -0.321 e. The minimum atomic E-state index is -0.276. The lowest BCUT2D eigenvalue weighted by Crippen LogP contribution is -2.20. The second-order valence-corrected chi connectivity index (χ2v) is 9.04. The largest absolute Gasteiger partial charge is 0.321 e. The van der Waals surface area contributed by atoms with Crippen LogP contribution >= 0.6 is 0 Å². The normalized spacial score (nSPS) is 11.2. The molecule has 182 valence electrons. The summed E-state index contributed by atoms with van der Waals surface area (Å²) in [6.07, 6.45) is 1.75. The third-order valence-corrected chi connectivity index (χ3v) is 6.36. The zero-order chi connectivity index (χ0) is 25.4. The molecule has 3 heterocycles. The second kappa shape index (κ2) is 9.37. The van der Waals surface area contributed by atoms with Crippen LogP contribution in [0.4, 0.5) is 10.1 Å². The monoisotopic (exact) mass is 482 g/mol. The van der Waals surface area contributed by atoms with Crippen LogP contribution in [-0.4, -0.2) is 30.5 Å². The van der Waals surface area contributed by atoms with Crippen LogP contribution in [0.3, 0.4) is 0 Å². The molecule has 0 saturated heterocycles. The van der Waals surface area contributed by atoms with Crippen LogP contribution in [0.1, 0.15) is 28.2 Å². The Labute approximate surface area is 208 Å². The molecule has 1 amide bonds. The number of rotatable bonds is 6. The van der Waals surface area contributed by atoms with Crippen molar-refractivity contribution in [3.63, 3.8) is 0 Å². The van der Waals surface area contributed by atoms with Crippen molar-refractivity contribution in [1.29, 1.82) is 0 Å². The highest BCUT2D eigenvalue weighted by molar-refractivity contribution is 5.96. The van der Waals surface area contributed by atoms with Gasteiger partial charge in [-0.2, -0.15) is 10.2 Å². The predicted molar refractivity (Wildman–Crippen MR) is 138 cm³/mol. The second-order valence-electron chi connectivity index (χ2n) is 9.04. The van der Waals surface area contributed by atoms with Gasteiger partial charge in [0.15, 0.2) is 5.65 Å². The Morgan fingerprint density at radius 1 is 0.889 bits per heavy atom. The summed E-state index contributed by atoms with van der Waals surface area (Å²) in [4.78, 5) is 17.6. The Balaban J connectivity index is 1.38. The first-order valence-electron chi connectivity index (χ1n) is 11.8. The van der Waals surface area contributed by atoms with E-state index in [-0.39, 0.29) is 18.3 Å². The van der Waals surface area contributed by atoms with E-state index >= 15 is 0 Å². The number of halogens is 1. The lowest BCUT2D eigenvalue weighted by molar-refractivity contribution is -0.116. The zero-order valence-corrected chi connectivity index (χ0v) is 20.7. The average Bonchev–Trinajstić information content (AvgIpc) is 3.31. The van der Waals surface area contributed by atoms with Gasteiger partial charge in [-0.05, 0) is 62.6 Å². The number of anilines is 1. The highest BCUT2D eigenvalue weighted by Crippen LogP contribution is 2.30. The van der Waals surface area contributed by atoms with Crippen molar-refractivity contribution in [3.8, 4) is 11.1 Å². The molecule has 0 atom stereocenters. The smallest absolute Gasteiger partial charge is 0.246 e. The van der Waals surface area contributed by atoms with Crippen molar-refractivity contribution in [1.82, 2.24) is 24.5 Å². The number of nitrogens with zero attached hydrogens (tertiary/aromatic N) is 5. The Hall–Kier alpha value is -4.33. The lowest BCUT2D eigenvalue weighted by Gasteiger charge is -2.08. The number of carbonyl (C=O) groups is 1. The minimum absolute atomic E-state index is 0.0245. The highest BCUT2D eigenvalue weighted by Gasteiger charge is 2.18. The number of fused-ring (bicyclic) bond motifs is 1. The molecule has 7 nitrogen and oxygen atoms in total. The van der Waals surface area contributed by atoms with Crippen LogP contribution in [0.15, 0.2) is 60.8 Å². The van der Waals surface area contributed by atoms with E-state index in [4.69, 9.17) is 0 Å². The number of aryl methyl sites for hydroxylation is 3. The number of hydrogen-bond donors (Lipinski definition) is 1. The third kappa shape index (κ3) is 4.49.